The quantitative estimate of drug-likeness (QED) is 0.803. The first kappa shape index (κ1) is 20.4. The van der Waals surface area contributed by atoms with Gasteiger partial charge in [-0.25, -0.2) is 0 Å². The number of carbonyl (C=O) groups is 1. The van der Waals surface area contributed by atoms with Crippen molar-refractivity contribution in [2.45, 2.75) is 13.1 Å². The summed E-state index contributed by atoms with van der Waals surface area (Å²) in [5, 5.41) is 2.33. The molecule has 27 heavy (non-hydrogen) atoms. The van der Waals surface area contributed by atoms with Crippen molar-refractivity contribution in [1.82, 2.24) is 0 Å². The lowest BCUT2D eigenvalue weighted by Gasteiger charge is -2.19. The summed E-state index contributed by atoms with van der Waals surface area (Å²) >= 11 is 0. The Bertz CT molecular complexity index is 820. The molecule has 5 nitrogen and oxygen atoms in total. The maximum absolute atomic E-state index is 13.4. The second kappa shape index (κ2) is 8.20. The van der Waals surface area contributed by atoms with Crippen LogP contribution >= 0.6 is 0 Å². The number of rotatable bonds is 6. The van der Waals surface area contributed by atoms with Crippen molar-refractivity contribution >= 4 is 17.3 Å². The average molecular weight is 382 g/mol. The molecule has 0 bridgehead atoms. The second-order valence-electron chi connectivity index (χ2n) is 5.87. The number of benzene rings is 2. The van der Waals surface area contributed by atoms with E-state index in [9.17, 15) is 18.0 Å². The summed E-state index contributed by atoms with van der Waals surface area (Å²) in [6, 6.07) is 8.16. The van der Waals surface area contributed by atoms with Gasteiger partial charge in [-0.3, -0.25) is 4.79 Å². The summed E-state index contributed by atoms with van der Waals surface area (Å²) in [6.07, 6.45) is -4.61. The average Bonchev–Trinajstić information content (AvgIpc) is 2.61. The molecule has 1 N–H and O–H groups in total. The van der Waals surface area contributed by atoms with Crippen molar-refractivity contribution in [3.63, 3.8) is 0 Å². The van der Waals surface area contributed by atoms with Gasteiger partial charge in [-0.15, -0.1) is 0 Å². The zero-order chi connectivity index (χ0) is 20.2. The molecule has 2 aromatic rings. The lowest BCUT2D eigenvalue weighted by Crippen LogP contribution is -2.18. The van der Waals surface area contributed by atoms with Gasteiger partial charge >= 0.3 is 6.18 Å². The van der Waals surface area contributed by atoms with Crippen molar-refractivity contribution in [3.05, 3.63) is 47.5 Å². The summed E-state index contributed by atoms with van der Waals surface area (Å²) in [7, 11) is 4.70. The van der Waals surface area contributed by atoms with E-state index in [-0.39, 0.29) is 11.3 Å². The van der Waals surface area contributed by atoms with Gasteiger partial charge in [-0.2, -0.15) is 13.2 Å². The minimum atomic E-state index is -4.61. The first-order valence-corrected chi connectivity index (χ1v) is 8.18. The molecule has 146 valence electrons. The van der Waals surface area contributed by atoms with Crippen molar-refractivity contribution < 1.29 is 27.4 Å². The fraction of sp³-hybridized carbons (Fsp3) is 0.316. The molecule has 2 aromatic carbocycles. The predicted molar refractivity (Wildman–Crippen MR) is 97.9 cm³/mol. The number of nitrogens with zero attached hydrogens (tertiary/aromatic N) is 1. The zero-order valence-corrected chi connectivity index (χ0v) is 15.5. The second-order valence-corrected chi connectivity index (χ2v) is 5.87. The molecule has 1 amide bonds. The van der Waals surface area contributed by atoms with E-state index in [0.29, 0.717) is 23.8 Å². The van der Waals surface area contributed by atoms with E-state index in [1.807, 2.05) is 0 Å². The molecule has 0 saturated carbocycles. The van der Waals surface area contributed by atoms with Crippen LogP contribution in [0, 0.1) is 0 Å². The molecule has 0 radical (unpaired) electrons. The van der Waals surface area contributed by atoms with Crippen LogP contribution in [0.4, 0.5) is 24.5 Å². The molecule has 0 heterocycles. The maximum atomic E-state index is 13.4. The normalized spacial score (nSPS) is 11.1. The SMILES string of the molecule is CCOc1ccc(C(=O)Nc2ccc(N(C)C)cc2C(F)(F)F)cc1OC. The molecule has 0 atom stereocenters. The molecule has 0 spiro atoms. The van der Waals surface area contributed by atoms with Gasteiger partial charge in [0.25, 0.3) is 5.91 Å². The Morgan fingerprint density at radius 2 is 1.81 bits per heavy atom. The number of carbonyl (C=O) groups excluding carboxylic acids is 1. The maximum Gasteiger partial charge on any atom is 0.418 e. The Balaban J connectivity index is 2.35. The molecule has 0 aromatic heterocycles. The van der Waals surface area contributed by atoms with E-state index in [1.54, 1.807) is 25.9 Å². The summed E-state index contributed by atoms with van der Waals surface area (Å²) in [5.74, 6) is 0.0887. The third kappa shape index (κ3) is 4.84. The molecule has 0 unspecified atom stereocenters. The topological polar surface area (TPSA) is 50.8 Å². The number of alkyl halides is 3. The van der Waals surface area contributed by atoms with Gasteiger partial charge in [0.1, 0.15) is 0 Å². The van der Waals surface area contributed by atoms with Crippen LogP contribution < -0.4 is 19.7 Å². The molecule has 0 fully saturated rings. The van der Waals surface area contributed by atoms with Crippen LogP contribution in [0.5, 0.6) is 11.5 Å². The third-order valence-electron chi connectivity index (χ3n) is 3.80. The van der Waals surface area contributed by atoms with Crippen LogP contribution in [-0.4, -0.2) is 33.7 Å². The largest absolute Gasteiger partial charge is 0.493 e. The molecule has 8 heteroatoms. The minimum Gasteiger partial charge on any atom is -0.493 e. The molecule has 0 aliphatic rings. The Hall–Kier alpha value is -2.90. The molecule has 0 aliphatic heterocycles. The fourth-order valence-corrected chi connectivity index (χ4v) is 2.43. The van der Waals surface area contributed by atoms with Crippen LogP contribution in [-0.2, 0) is 6.18 Å². The molecular weight excluding hydrogens is 361 g/mol. The third-order valence-corrected chi connectivity index (χ3v) is 3.80. The smallest absolute Gasteiger partial charge is 0.418 e. The van der Waals surface area contributed by atoms with Crippen molar-refractivity contribution in [1.29, 1.82) is 0 Å². The monoisotopic (exact) mass is 382 g/mol. The van der Waals surface area contributed by atoms with Crippen LogP contribution in [0.1, 0.15) is 22.8 Å². The van der Waals surface area contributed by atoms with E-state index in [2.05, 4.69) is 5.32 Å². The number of nitrogens with one attached hydrogen (secondary N) is 1. The molecule has 0 aliphatic carbocycles. The van der Waals surface area contributed by atoms with Gasteiger partial charge in [0.15, 0.2) is 11.5 Å². The summed E-state index contributed by atoms with van der Waals surface area (Å²) in [4.78, 5) is 14.0. The summed E-state index contributed by atoms with van der Waals surface area (Å²) in [6.45, 7) is 2.21. The summed E-state index contributed by atoms with van der Waals surface area (Å²) in [5.41, 5.74) is -0.700. The number of ether oxygens (including phenoxy) is 2. The number of hydrogen-bond acceptors (Lipinski definition) is 4. The minimum absolute atomic E-state index is 0.153. The fourth-order valence-electron chi connectivity index (χ4n) is 2.43. The van der Waals surface area contributed by atoms with Crippen LogP contribution in [0.3, 0.4) is 0 Å². The highest BCUT2D eigenvalue weighted by Crippen LogP contribution is 2.37. The van der Waals surface area contributed by atoms with Gasteiger partial charge in [-0.05, 0) is 43.3 Å². The van der Waals surface area contributed by atoms with Gasteiger partial charge in [-0.1, -0.05) is 0 Å². The Kier molecular flexibility index (Phi) is 6.20. The molecule has 2 rings (SSSR count). The van der Waals surface area contributed by atoms with Crippen molar-refractivity contribution in [2.24, 2.45) is 0 Å². The van der Waals surface area contributed by atoms with E-state index in [0.717, 1.165) is 6.07 Å². The van der Waals surface area contributed by atoms with Crippen LogP contribution in [0.15, 0.2) is 36.4 Å². The highest BCUT2D eigenvalue weighted by atomic mass is 19.4. The van der Waals surface area contributed by atoms with Gasteiger partial charge in [0.2, 0.25) is 0 Å². The number of anilines is 2. The number of hydrogen-bond donors (Lipinski definition) is 1. The van der Waals surface area contributed by atoms with Crippen molar-refractivity contribution in [3.8, 4) is 11.5 Å². The van der Waals surface area contributed by atoms with E-state index in [4.69, 9.17) is 9.47 Å². The van der Waals surface area contributed by atoms with Gasteiger partial charge < -0.3 is 19.7 Å². The van der Waals surface area contributed by atoms with Crippen molar-refractivity contribution in [2.75, 3.05) is 38.0 Å². The predicted octanol–water partition coefficient (Wildman–Crippen LogP) is 4.43. The van der Waals surface area contributed by atoms with E-state index in [1.165, 1.54) is 37.4 Å². The Morgan fingerprint density at radius 3 is 2.37 bits per heavy atom. The zero-order valence-electron chi connectivity index (χ0n) is 15.5. The number of halogens is 3. The highest BCUT2D eigenvalue weighted by molar-refractivity contribution is 6.05. The number of amides is 1. The summed E-state index contributed by atoms with van der Waals surface area (Å²) < 4.78 is 50.7. The first-order chi connectivity index (χ1) is 12.7. The van der Waals surface area contributed by atoms with Crippen LogP contribution in [0.2, 0.25) is 0 Å². The Labute approximate surface area is 155 Å². The molecular formula is C19H21F3N2O3. The van der Waals surface area contributed by atoms with Crippen LogP contribution in [0.25, 0.3) is 0 Å². The standard InChI is InChI=1S/C19H21F3N2O3/c1-5-27-16-9-6-12(10-17(16)26-4)18(25)23-15-8-7-13(24(2)3)11-14(15)19(20,21)22/h6-11H,5H2,1-4H3,(H,23,25). The number of methoxy groups -OCH3 is 1. The lowest BCUT2D eigenvalue weighted by molar-refractivity contribution is -0.136. The first-order valence-electron chi connectivity index (χ1n) is 8.18. The Morgan fingerprint density at radius 1 is 1.11 bits per heavy atom. The van der Waals surface area contributed by atoms with E-state index < -0.39 is 17.6 Å². The highest BCUT2D eigenvalue weighted by Gasteiger charge is 2.34. The molecule has 0 saturated heterocycles. The van der Waals surface area contributed by atoms with E-state index >= 15 is 0 Å². The lowest BCUT2D eigenvalue weighted by atomic mass is 10.1. The van der Waals surface area contributed by atoms with Gasteiger partial charge in [0, 0.05) is 25.3 Å². The van der Waals surface area contributed by atoms with Gasteiger partial charge in [0.05, 0.1) is 25.0 Å².